The van der Waals surface area contributed by atoms with Crippen LogP contribution in [0.1, 0.15) is 17.0 Å². The molecule has 1 atom stereocenters. The smallest absolute Gasteiger partial charge is 0.115 e. The lowest BCUT2D eigenvalue weighted by atomic mass is 9.78. The molecule has 2 heteroatoms. The Labute approximate surface area is 65.1 Å². The minimum Gasteiger partial charge on any atom is -0.508 e. The van der Waals surface area contributed by atoms with Gasteiger partial charge < -0.3 is 10.2 Å². The fourth-order valence-corrected chi connectivity index (χ4v) is 1.56. The number of aliphatic hydroxyl groups excluding tert-OH is 1. The van der Waals surface area contributed by atoms with E-state index in [1.807, 2.05) is 6.07 Å². The summed E-state index contributed by atoms with van der Waals surface area (Å²) in [6.07, 6.45) is 0.951. The molecule has 0 radical (unpaired) electrons. The van der Waals surface area contributed by atoms with E-state index in [9.17, 15) is 0 Å². The van der Waals surface area contributed by atoms with Crippen molar-refractivity contribution in [2.45, 2.75) is 12.3 Å². The van der Waals surface area contributed by atoms with Gasteiger partial charge in [-0.3, -0.25) is 0 Å². The second-order valence-electron chi connectivity index (χ2n) is 2.97. The first-order valence-corrected chi connectivity index (χ1v) is 3.74. The van der Waals surface area contributed by atoms with Gasteiger partial charge in [0.1, 0.15) is 5.75 Å². The summed E-state index contributed by atoms with van der Waals surface area (Å²) in [7, 11) is 0. The lowest BCUT2D eigenvalue weighted by Gasteiger charge is -2.28. The van der Waals surface area contributed by atoms with Crippen LogP contribution in [0.5, 0.6) is 5.75 Å². The van der Waals surface area contributed by atoms with E-state index in [1.54, 1.807) is 12.1 Å². The Morgan fingerprint density at radius 1 is 1.45 bits per heavy atom. The van der Waals surface area contributed by atoms with Gasteiger partial charge in [-0.15, -0.1) is 0 Å². The van der Waals surface area contributed by atoms with E-state index in [0.29, 0.717) is 5.75 Å². The van der Waals surface area contributed by atoms with Gasteiger partial charge in [0, 0.05) is 5.92 Å². The Kier molecular flexibility index (Phi) is 1.36. The van der Waals surface area contributed by atoms with Gasteiger partial charge in [0.15, 0.2) is 0 Å². The maximum atomic E-state index is 9.10. The number of aliphatic hydroxyl groups is 1. The first kappa shape index (κ1) is 6.68. The molecule has 0 saturated heterocycles. The molecule has 1 unspecified atom stereocenters. The molecule has 1 aliphatic carbocycles. The summed E-state index contributed by atoms with van der Waals surface area (Å²) >= 11 is 0. The number of rotatable bonds is 1. The van der Waals surface area contributed by atoms with E-state index in [0.717, 1.165) is 12.0 Å². The Hall–Kier alpha value is -1.02. The maximum Gasteiger partial charge on any atom is 0.115 e. The van der Waals surface area contributed by atoms with Crippen LogP contribution in [0.4, 0.5) is 0 Å². The normalized spacial score (nSPS) is 20.6. The van der Waals surface area contributed by atoms with Crippen LogP contribution in [-0.2, 0) is 6.42 Å². The largest absolute Gasteiger partial charge is 0.508 e. The third-order valence-corrected chi connectivity index (χ3v) is 2.26. The van der Waals surface area contributed by atoms with Crippen molar-refractivity contribution in [1.82, 2.24) is 0 Å². The highest BCUT2D eigenvalue weighted by Crippen LogP contribution is 2.36. The van der Waals surface area contributed by atoms with Gasteiger partial charge in [-0.1, -0.05) is 6.07 Å². The van der Waals surface area contributed by atoms with Gasteiger partial charge in [-0.05, 0) is 29.7 Å². The topological polar surface area (TPSA) is 40.5 Å². The Morgan fingerprint density at radius 3 is 3.00 bits per heavy atom. The Balaban J connectivity index is 2.37. The van der Waals surface area contributed by atoms with Crippen molar-refractivity contribution in [3.63, 3.8) is 0 Å². The molecule has 0 spiro atoms. The van der Waals surface area contributed by atoms with Crippen LogP contribution in [0.3, 0.4) is 0 Å². The molecule has 0 heterocycles. The molecule has 2 nitrogen and oxygen atoms in total. The minimum absolute atomic E-state index is 0.191. The number of benzene rings is 1. The molecule has 1 aliphatic rings. The van der Waals surface area contributed by atoms with E-state index in [-0.39, 0.29) is 12.5 Å². The van der Waals surface area contributed by atoms with Crippen LogP contribution in [0.15, 0.2) is 18.2 Å². The molecule has 0 aromatic heterocycles. The Bertz CT molecular complexity index is 281. The third kappa shape index (κ3) is 0.906. The molecule has 1 aromatic carbocycles. The zero-order chi connectivity index (χ0) is 7.84. The predicted octanol–water partition coefficient (Wildman–Crippen LogP) is 1.02. The molecule has 1 aromatic rings. The summed E-state index contributed by atoms with van der Waals surface area (Å²) in [5, 5.41) is 17.9. The van der Waals surface area contributed by atoms with Gasteiger partial charge in [0.05, 0.1) is 6.61 Å². The van der Waals surface area contributed by atoms with Crippen molar-refractivity contribution in [3.8, 4) is 5.75 Å². The van der Waals surface area contributed by atoms with Crippen LogP contribution >= 0.6 is 0 Å². The highest BCUT2D eigenvalue weighted by atomic mass is 16.3. The summed E-state index contributed by atoms with van der Waals surface area (Å²) in [4.78, 5) is 0. The minimum atomic E-state index is 0.191. The summed E-state index contributed by atoms with van der Waals surface area (Å²) in [6.45, 7) is 0.191. The average Bonchev–Trinajstić information content (AvgIpc) is 1.97. The van der Waals surface area contributed by atoms with Gasteiger partial charge in [0.2, 0.25) is 0 Å². The standard InChI is InChI=1S/C9H10O2/c10-5-7-3-6-1-2-8(11)4-9(6)7/h1-2,4,7,10-11H,3,5H2. The second-order valence-corrected chi connectivity index (χ2v) is 2.97. The fourth-order valence-electron chi connectivity index (χ4n) is 1.56. The van der Waals surface area contributed by atoms with Crippen LogP contribution < -0.4 is 0 Å². The van der Waals surface area contributed by atoms with Crippen molar-refractivity contribution in [3.05, 3.63) is 29.3 Å². The van der Waals surface area contributed by atoms with Crippen molar-refractivity contribution in [2.24, 2.45) is 0 Å². The van der Waals surface area contributed by atoms with Gasteiger partial charge in [-0.25, -0.2) is 0 Å². The molecule has 11 heavy (non-hydrogen) atoms. The molecule has 2 rings (SSSR count). The zero-order valence-corrected chi connectivity index (χ0v) is 6.12. The predicted molar refractivity (Wildman–Crippen MR) is 41.6 cm³/mol. The third-order valence-electron chi connectivity index (χ3n) is 2.26. The van der Waals surface area contributed by atoms with Crippen LogP contribution in [0, 0.1) is 0 Å². The number of hydrogen-bond acceptors (Lipinski definition) is 2. The number of hydrogen-bond donors (Lipinski definition) is 2. The van der Waals surface area contributed by atoms with Gasteiger partial charge >= 0.3 is 0 Å². The highest BCUT2D eigenvalue weighted by Gasteiger charge is 2.24. The molecular formula is C9H10O2. The molecule has 0 fully saturated rings. The molecular weight excluding hydrogens is 140 g/mol. The van der Waals surface area contributed by atoms with E-state index < -0.39 is 0 Å². The highest BCUT2D eigenvalue weighted by molar-refractivity contribution is 5.44. The van der Waals surface area contributed by atoms with Gasteiger partial charge in [0.25, 0.3) is 0 Å². The summed E-state index contributed by atoms with van der Waals surface area (Å²) in [5.41, 5.74) is 2.36. The van der Waals surface area contributed by atoms with Crippen molar-refractivity contribution in [1.29, 1.82) is 0 Å². The van der Waals surface area contributed by atoms with Crippen LogP contribution in [-0.4, -0.2) is 16.8 Å². The first-order valence-electron chi connectivity index (χ1n) is 3.74. The lowest BCUT2D eigenvalue weighted by Crippen LogP contribution is -2.19. The SMILES string of the molecule is OCC1Cc2ccc(O)cc21. The van der Waals surface area contributed by atoms with Crippen LogP contribution in [0.25, 0.3) is 0 Å². The number of aromatic hydroxyl groups is 1. The fraction of sp³-hybridized carbons (Fsp3) is 0.333. The molecule has 0 amide bonds. The van der Waals surface area contributed by atoms with E-state index in [4.69, 9.17) is 10.2 Å². The van der Waals surface area contributed by atoms with Gasteiger partial charge in [-0.2, -0.15) is 0 Å². The number of fused-ring (bicyclic) bond motifs is 1. The van der Waals surface area contributed by atoms with E-state index >= 15 is 0 Å². The Morgan fingerprint density at radius 2 is 2.27 bits per heavy atom. The number of phenolic OH excluding ortho intramolecular Hbond substituents is 1. The summed E-state index contributed by atoms with van der Waals surface area (Å²) in [5.74, 6) is 0.555. The molecule has 0 aliphatic heterocycles. The van der Waals surface area contributed by atoms with E-state index in [2.05, 4.69) is 0 Å². The average molecular weight is 150 g/mol. The quantitative estimate of drug-likeness (QED) is 0.627. The molecule has 2 N–H and O–H groups in total. The van der Waals surface area contributed by atoms with Crippen molar-refractivity contribution < 1.29 is 10.2 Å². The first-order chi connectivity index (χ1) is 5.31. The van der Waals surface area contributed by atoms with Crippen molar-refractivity contribution in [2.75, 3.05) is 6.61 Å². The van der Waals surface area contributed by atoms with Crippen molar-refractivity contribution >= 4 is 0 Å². The maximum absolute atomic E-state index is 9.10. The van der Waals surface area contributed by atoms with Crippen LogP contribution in [0.2, 0.25) is 0 Å². The molecule has 0 saturated carbocycles. The summed E-state index contributed by atoms with van der Waals surface area (Å²) < 4.78 is 0. The monoisotopic (exact) mass is 150 g/mol. The molecule has 0 bridgehead atoms. The van der Waals surface area contributed by atoms with E-state index in [1.165, 1.54) is 5.56 Å². The number of phenols is 1. The molecule has 58 valence electrons. The summed E-state index contributed by atoms with van der Waals surface area (Å²) in [6, 6.07) is 5.34. The zero-order valence-electron chi connectivity index (χ0n) is 6.12. The second kappa shape index (κ2) is 2.24. The lowest BCUT2D eigenvalue weighted by molar-refractivity contribution is 0.252.